The van der Waals surface area contributed by atoms with Crippen LogP contribution in [0.3, 0.4) is 0 Å². The van der Waals surface area contributed by atoms with Crippen molar-refractivity contribution < 1.29 is 4.79 Å². The van der Waals surface area contributed by atoms with Crippen molar-refractivity contribution in [3.63, 3.8) is 0 Å². The molecular formula is C11H10BrN3O. The van der Waals surface area contributed by atoms with Gasteiger partial charge < -0.3 is 0 Å². The lowest BCUT2D eigenvalue weighted by Crippen LogP contribution is -2.05. The zero-order valence-corrected chi connectivity index (χ0v) is 10.5. The highest BCUT2D eigenvalue weighted by Gasteiger charge is 2.13. The molecule has 16 heavy (non-hydrogen) atoms. The first kappa shape index (κ1) is 11.0. The van der Waals surface area contributed by atoms with Crippen LogP contribution in [-0.2, 0) is 0 Å². The highest BCUT2D eigenvalue weighted by molar-refractivity contribution is 9.10. The number of aryl methyl sites for hydroxylation is 1. The molecule has 2 heterocycles. The van der Waals surface area contributed by atoms with E-state index in [1.165, 1.54) is 0 Å². The Morgan fingerprint density at radius 3 is 2.75 bits per heavy atom. The summed E-state index contributed by atoms with van der Waals surface area (Å²) >= 11 is 3.44. The lowest BCUT2D eigenvalue weighted by molar-refractivity contribution is 0.112. The molecule has 0 aliphatic heterocycles. The fourth-order valence-electron chi connectivity index (χ4n) is 1.51. The number of nitrogens with zero attached hydrogens (tertiary/aromatic N) is 3. The van der Waals surface area contributed by atoms with Gasteiger partial charge in [-0.2, -0.15) is 5.10 Å². The summed E-state index contributed by atoms with van der Waals surface area (Å²) in [6.07, 6.45) is 2.43. The van der Waals surface area contributed by atoms with E-state index in [-0.39, 0.29) is 0 Å². The maximum absolute atomic E-state index is 10.9. The average molecular weight is 280 g/mol. The molecule has 0 aliphatic rings. The van der Waals surface area contributed by atoms with Gasteiger partial charge in [-0.1, -0.05) is 0 Å². The Kier molecular flexibility index (Phi) is 2.87. The van der Waals surface area contributed by atoms with Crippen molar-refractivity contribution in [2.75, 3.05) is 0 Å². The molecular weight excluding hydrogens is 270 g/mol. The van der Waals surface area contributed by atoms with Gasteiger partial charge in [0.1, 0.15) is 0 Å². The van der Waals surface area contributed by atoms with E-state index in [0.717, 1.165) is 22.1 Å². The Morgan fingerprint density at radius 1 is 1.44 bits per heavy atom. The van der Waals surface area contributed by atoms with Crippen LogP contribution in [0.15, 0.2) is 22.8 Å². The number of aldehydes is 1. The van der Waals surface area contributed by atoms with Crippen LogP contribution in [-0.4, -0.2) is 21.1 Å². The van der Waals surface area contributed by atoms with Gasteiger partial charge in [0.15, 0.2) is 12.1 Å². The number of pyridine rings is 1. The summed E-state index contributed by atoms with van der Waals surface area (Å²) in [5.74, 6) is 0.559. The molecule has 0 N–H and O–H groups in total. The lowest BCUT2D eigenvalue weighted by Gasteiger charge is -2.05. The van der Waals surface area contributed by atoms with E-state index < -0.39 is 0 Å². The molecule has 2 aromatic heterocycles. The molecule has 0 radical (unpaired) electrons. The van der Waals surface area contributed by atoms with Crippen LogP contribution in [0.25, 0.3) is 5.82 Å². The van der Waals surface area contributed by atoms with Crippen molar-refractivity contribution in [1.82, 2.24) is 14.8 Å². The Hall–Kier alpha value is -1.49. The maximum atomic E-state index is 10.9. The number of aromatic nitrogens is 3. The normalized spacial score (nSPS) is 10.4. The Bertz CT molecular complexity index is 548. The fourth-order valence-corrected chi connectivity index (χ4v) is 1.76. The molecule has 0 bridgehead atoms. The number of halogens is 1. The predicted molar refractivity (Wildman–Crippen MR) is 63.9 cm³/mol. The minimum absolute atomic E-state index is 0.528. The van der Waals surface area contributed by atoms with Gasteiger partial charge in [-0.25, -0.2) is 9.67 Å². The number of carbonyl (C=O) groups is 1. The number of carbonyl (C=O) groups excluding carboxylic acids is 1. The topological polar surface area (TPSA) is 47.8 Å². The molecule has 0 spiro atoms. The second kappa shape index (κ2) is 4.17. The summed E-state index contributed by atoms with van der Waals surface area (Å²) in [4.78, 5) is 15.1. The summed E-state index contributed by atoms with van der Waals surface area (Å²) in [6.45, 7) is 3.82. The molecule has 0 aliphatic carbocycles. The standard InChI is InChI=1S/C11H10BrN3O/c1-7-10(12)8(2)15(14-7)11-9(6-16)4-3-5-13-11/h3-6H,1-2H3. The van der Waals surface area contributed by atoms with Gasteiger partial charge in [0.2, 0.25) is 0 Å². The van der Waals surface area contributed by atoms with E-state index in [1.54, 1.807) is 23.0 Å². The fraction of sp³-hybridized carbons (Fsp3) is 0.182. The van der Waals surface area contributed by atoms with E-state index in [1.807, 2.05) is 13.8 Å². The van der Waals surface area contributed by atoms with Crippen LogP contribution in [0.4, 0.5) is 0 Å². The van der Waals surface area contributed by atoms with Gasteiger partial charge in [0, 0.05) is 6.20 Å². The second-order valence-corrected chi connectivity index (χ2v) is 4.22. The number of hydrogen-bond acceptors (Lipinski definition) is 3. The van der Waals surface area contributed by atoms with Gasteiger partial charge in [0.25, 0.3) is 0 Å². The van der Waals surface area contributed by atoms with Crippen LogP contribution < -0.4 is 0 Å². The molecule has 5 heteroatoms. The van der Waals surface area contributed by atoms with Crippen LogP contribution in [0.5, 0.6) is 0 Å². The van der Waals surface area contributed by atoms with Crippen molar-refractivity contribution in [3.05, 3.63) is 39.8 Å². The summed E-state index contributed by atoms with van der Waals surface area (Å²) in [6, 6.07) is 3.45. The van der Waals surface area contributed by atoms with Crippen LogP contribution in [0.1, 0.15) is 21.7 Å². The molecule has 0 unspecified atom stereocenters. The summed E-state index contributed by atoms with van der Waals surface area (Å²) in [7, 11) is 0. The molecule has 0 fully saturated rings. The largest absolute Gasteiger partial charge is 0.298 e. The first-order valence-electron chi connectivity index (χ1n) is 4.77. The van der Waals surface area contributed by atoms with E-state index in [2.05, 4.69) is 26.0 Å². The lowest BCUT2D eigenvalue weighted by atomic mass is 10.3. The monoisotopic (exact) mass is 279 g/mol. The average Bonchev–Trinajstić information content (AvgIpc) is 2.57. The number of hydrogen-bond donors (Lipinski definition) is 0. The van der Waals surface area contributed by atoms with Gasteiger partial charge in [-0.15, -0.1) is 0 Å². The van der Waals surface area contributed by atoms with Crippen molar-refractivity contribution in [3.8, 4) is 5.82 Å². The minimum Gasteiger partial charge on any atom is -0.298 e. The van der Waals surface area contributed by atoms with Crippen LogP contribution in [0.2, 0.25) is 0 Å². The SMILES string of the molecule is Cc1nn(-c2ncccc2C=O)c(C)c1Br. The van der Waals surface area contributed by atoms with Crippen molar-refractivity contribution in [1.29, 1.82) is 0 Å². The molecule has 82 valence electrons. The molecule has 0 saturated heterocycles. The summed E-state index contributed by atoms with van der Waals surface area (Å²) < 4.78 is 2.61. The molecule has 0 amide bonds. The smallest absolute Gasteiger partial charge is 0.164 e. The molecule has 0 saturated carbocycles. The maximum Gasteiger partial charge on any atom is 0.164 e. The highest BCUT2D eigenvalue weighted by Crippen LogP contribution is 2.22. The molecule has 2 aromatic rings. The summed E-state index contributed by atoms with van der Waals surface area (Å²) in [5, 5.41) is 4.34. The quantitative estimate of drug-likeness (QED) is 0.794. The van der Waals surface area contributed by atoms with E-state index in [4.69, 9.17) is 0 Å². The zero-order valence-electron chi connectivity index (χ0n) is 8.94. The highest BCUT2D eigenvalue weighted by atomic mass is 79.9. The Morgan fingerprint density at radius 2 is 2.19 bits per heavy atom. The zero-order chi connectivity index (χ0) is 11.7. The van der Waals surface area contributed by atoms with Gasteiger partial charge in [-0.3, -0.25) is 4.79 Å². The van der Waals surface area contributed by atoms with Crippen molar-refractivity contribution >= 4 is 22.2 Å². The Labute approximate surface area is 101 Å². The van der Waals surface area contributed by atoms with E-state index in [0.29, 0.717) is 11.4 Å². The van der Waals surface area contributed by atoms with Gasteiger partial charge in [0.05, 0.1) is 21.4 Å². The van der Waals surface area contributed by atoms with Gasteiger partial charge in [-0.05, 0) is 41.9 Å². The molecule has 0 atom stereocenters. The van der Waals surface area contributed by atoms with E-state index >= 15 is 0 Å². The third-order valence-corrected chi connectivity index (χ3v) is 3.50. The van der Waals surface area contributed by atoms with Crippen LogP contribution in [0, 0.1) is 13.8 Å². The first-order chi connectivity index (χ1) is 7.65. The third-order valence-electron chi connectivity index (χ3n) is 2.35. The molecule has 4 nitrogen and oxygen atoms in total. The molecule has 0 aromatic carbocycles. The number of rotatable bonds is 2. The first-order valence-corrected chi connectivity index (χ1v) is 5.56. The van der Waals surface area contributed by atoms with Gasteiger partial charge >= 0.3 is 0 Å². The second-order valence-electron chi connectivity index (χ2n) is 3.43. The third kappa shape index (κ3) is 1.67. The van der Waals surface area contributed by atoms with Crippen LogP contribution >= 0.6 is 15.9 Å². The Balaban J connectivity index is 2.67. The van der Waals surface area contributed by atoms with E-state index in [9.17, 15) is 4.79 Å². The van der Waals surface area contributed by atoms with Crippen molar-refractivity contribution in [2.45, 2.75) is 13.8 Å². The van der Waals surface area contributed by atoms with Crippen molar-refractivity contribution in [2.24, 2.45) is 0 Å². The predicted octanol–water partition coefficient (Wildman–Crippen LogP) is 2.46. The minimum atomic E-state index is 0.528. The molecule has 2 rings (SSSR count). The summed E-state index contributed by atoms with van der Waals surface area (Å²) in [5.41, 5.74) is 2.33.